The zero-order chi connectivity index (χ0) is 19.4. The number of thiophene rings is 1. The van der Waals surface area contributed by atoms with Gasteiger partial charge in [0.05, 0.1) is 17.2 Å². The van der Waals surface area contributed by atoms with Gasteiger partial charge >= 0.3 is 5.97 Å². The lowest BCUT2D eigenvalue weighted by molar-refractivity contribution is -0.144. The maximum atomic E-state index is 12.0. The van der Waals surface area contributed by atoms with E-state index in [-0.39, 0.29) is 17.8 Å². The number of carbonyl (C=O) groups is 1. The van der Waals surface area contributed by atoms with Crippen LogP contribution >= 0.6 is 23.1 Å². The summed E-state index contributed by atoms with van der Waals surface area (Å²) < 4.78 is 7.37. The number of fused-ring (bicyclic) bond motifs is 5. The lowest BCUT2D eigenvalue weighted by atomic mass is 9.89. The molecule has 1 atom stereocenters. The molecule has 0 saturated heterocycles. The number of nitrogens with zero attached hydrogens (tertiary/aromatic N) is 4. The molecule has 0 unspecified atom stereocenters. The standard InChI is InChI=1S/C20H24N4O2S2/c1-10(2)26-15(25)9-27-20-23-22-18-16-13-7-4-11(3)8-14(13)28-19(16)21-17(24(18)20)12-5-6-12/h10-12H,4-9H2,1-3H3/t11-/m0/s1. The molecule has 0 amide bonds. The Morgan fingerprint density at radius 1 is 1.32 bits per heavy atom. The predicted octanol–water partition coefficient (Wildman–Crippen LogP) is 4.38. The summed E-state index contributed by atoms with van der Waals surface area (Å²) in [4.78, 5) is 19.6. The number of carbonyl (C=O) groups excluding carboxylic acids is 1. The molecule has 0 radical (unpaired) electrons. The van der Waals surface area contributed by atoms with Gasteiger partial charge in [0.1, 0.15) is 10.7 Å². The van der Waals surface area contributed by atoms with E-state index in [0.29, 0.717) is 5.92 Å². The Morgan fingerprint density at radius 3 is 2.89 bits per heavy atom. The van der Waals surface area contributed by atoms with Crippen molar-refractivity contribution < 1.29 is 9.53 Å². The second kappa shape index (κ2) is 6.99. The van der Waals surface area contributed by atoms with Gasteiger partial charge in [-0.2, -0.15) is 0 Å². The Morgan fingerprint density at radius 2 is 2.14 bits per heavy atom. The summed E-state index contributed by atoms with van der Waals surface area (Å²) in [5, 5.41) is 10.9. The van der Waals surface area contributed by atoms with Gasteiger partial charge in [-0.1, -0.05) is 18.7 Å². The van der Waals surface area contributed by atoms with Crippen LogP contribution in [-0.4, -0.2) is 37.4 Å². The largest absolute Gasteiger partial charge is 0.462 e. The van der Waals surface area contributed by atoms with Crippen LogP contribution in [0.5, 0.6) is 0 Å². The highest BCUT2D eigenvalue weighted by Crippen LogP contribution is 2.44. The quantitative estimate of drug-likeness (QED) is 0.454. The molecule has 0 aromatic carbocycles. The third-order valence-electron chi connectivity index (χ3n) is 5.42. The maximum absolute atomic E-state index is 12.0. The van der Waals surface area contributed by atoms with E-state index in [1.54, 1.807) is 0 Å². The van der Waals surface area contributed by atoms with E-state index >= 15 is 0 Å². The third kappa shape index (κ3) is 3.20. The van der Waals surface area contributed by atoms with Gasteiger partial charge in [0.25, 0.3) is 0 Å². The van der Waals surface area contributed by atoms with Crippen LogP contribution in [0.4, 0.5) is 0 Å². The van der Waals surface area contributed by atoms with E-state index < -0.39 is 0 Å². The minimum absolute atomic E-state index is 0.105. The molecule has 3 heterocycles. The van der Waals surface area contributed by atoms with Gasteiger partial charge in [-0.05, 0) is 57.4 Å². The summed E-state index contributed by atoms with van der Waals surface area (Å²) >= 11 is 3.23. The van der Waals surface area contributed by atoms with E-state index in [0.717, 1.165) is 53.1 Å². The fraction of sp³-hybridized carbons (Fsp3) is 0.600. The van der Waals surface area contributed by atoms with Crippen molar-refractivity contribution in [3.63, 3.8) is 0 Å². The molecule has 28 heavy (non-hydrogen) atoms. The first-order chi connectivity index (χ1) is 13.5. The number of ether oxygens (including phenoxy) is 1. The second-order valence-corrected chi connectivity index (χ2v) is 10.3. The highest BCUT2D eigenvalue weighted by Gasteiger charge is 2.32. The lowest BCUT2D eigenvalue weighted by Gasteiger charge is -2.17. The van der Waals surface area contributed by atoms with Crippen molar-refractivity contribution in [2.24, 2.45) is 5.92 Å². The van der Waals surface area contributed by atoms with Crippen LogP contribution in [0.1, 0.15) is 62.2 Å². The van der Waals surface area contributed by atoms with Crippen molar-refractivity contribution in [1.29, 1.82) is 0 Å². The van der Waals surface area contributed by atoms with Crippen LogP contribution in [0.15, 0.2) is 5.16 Å². The van der Waals surface area contributed by atoms with Gasteiger partial charge in [-0.25, -0.2) is 4.98 Å². The zero-order valence-corrected chi connectivity index (χ0v) is 18.0. The molecule has 3 aromatic heterocycles. The fourth-order valence-electron chi connectivity index (χ4n) is 3.97. The molecule has 6 nitrogen and oxygen atoms in total. The molecule has 1 fully saturated rings. The molecule has 0 spiro atoms. The molecule has 1 saturated carbocycles. The summed E-state index contributed by atoms with van der Waals surface area (Å²) in [6.07, 6.45) is 5.66. The van der Waals surface area contributed by atoms with E-state index in [1.165, 1.54) is 34.0 Å². The van der Waals surface area contributed by atoms with Gasteiger partial charge in [-0.15, -0.1) is 21.5 Å². The molecule has 0 N–H and O–H groups in total. The SMILES string of the molecule is CC(C)OC(=O)CSc1nnc2c3c4c(sc3nc(C3CC3)n12)C[C@@H](C)CC4. The summed E-state index contributed by atoms with van der Waals surface area (Å²) in [6.45, 7) is 6.05. The molecule has 0 bridgehead atoms. The van der Waals surface area contributed by atoms with Gasteiger partial charge in [0, 0.05) is 10.8 Å². The normalized spacial score (nSPS) is 19.5. The average molecular weight is 417 g/mol. The van der Waals surface area contributed by atoms with E-state index in [4.69, 9.17) is 9.72 Å². The van der Waals surface area contributed by atoms with Crippen molar-refractivity contribution in [2.45, 2.75) is 70.1 Å². The van der Waals surface area contributed by atoms with Gasteiger partial charge in [0.15, 0.2) is 10.8 Å². The monoisotopic (exact) mass is 416 g/mol. The summed E-state index contributed by atoms with van der Waals surface area (Å²) in [5.41, 5.74) is 2.33. The smallest absolute Gasteiger partial charge is 0.316 e. The number of rotatable bonds is 5. The van der Waals surface area contributed by atoms with Crippen molar-refractivity contribution in [3.8, 4) is 0 Å². The Bertz CT molecular complexity index is 1070. The topological polar surface area (TPSA) is 69.4 Å². The third-order valence-corrected chi connectivity index (χ3v) is 7.47. The van der Waals surface area contributed by atoms with Crippen LogP contribution in [-0.2, 0) is 22.4 Å². The molecule has 2 aliphatic rings. The Labute approximate surface area is 172 Å². The predicted molar refractivity (Wildman–Crippen MR) is 111 cm³/mol. The second-order valence-electron chi connectivity index (χ2n) is 8.25. The van der Waals surface area contributed by atoms with Gasteiger partial charge in [-0.3, -0.25) is 9.20 Å². The number of esters is 1. The summed E-state index contributed by atoms with van der Waals surface area (Å²) in [7, 11) is 0. The first-order valence-corrected chi connectivity index (χ1v) is 11.8. The van der Waals surface area contributed by atoms with Crippen molar-refractivity contribution in [3.05, 3.63) is 16.3 Å². The minimum atomic E-state index is -0.222. The highest BCUT2D eigenvalue weighted by molar-refractivity contribution is 7.99. The first kappa shape index (κ1) is 18.4. The Hall–Kier alpha value is -1.67. The van der Waals surface area contributed by atoms with Crippen LogP contribution in [0.25, 0.3) is 15.9 Å². The Balaban J connectivity index is 1.59. The van der Waals surface area contributed by atoms with E-state index in [2.05, 4.69) is 21.5 Å². The van der Waals surface area contributed by atoms with Crippen LogP contribution in [0.2, 0.25) is 0 Å². The Kier molecular flexibility index (Phi) is 4.58. The highest BCUT2D eigenvalue weighted by atomic mass is 32.2. The van der Waals surface area contributed by atoms with E-state index in [1.807, 2.05) is 25.2 Å². The fourth-order valence-corrected chi connectivity index (χ4v) is 6.07. The van der Waals surface area contributed by atoms with Gasteiger partial charge in [0.2, 0.25) is 0 Å². The minimum Gasteiger partial charge on any atom is -0.462 e. The zero-order valence-electron chi connectivity index (χ0n) is 16.4. The summed E-state index contributed by atoms with van der Waals surface area (Å²) in [5.74, 6) is 2.28. The number of aryl methyl sites for hydroxylation is 1. The first-order valence-electron chi connectivity index (χ1n) is 10.0. The van der Waals surface area contributed by atoms with Crippen molar-refractivity contribution in [2.75, 3.05) is 5.75 Å². The number of hydrogen-bond donors (Lipinski definition) is 0. The van der Waals surface area contributed by atoms with Crippen LogP contribution in [0.3, 0.4) is 0 Å². The molecule has 5 rings (SSSR count). The molecule has 3 aromatic rings. The number of thioether (sulfide) groups is 1. The molecule has 148 valence electrons. The number of aromatic nitrogens is 4. The van der Waals surface area contributed by atoms with Crippen molar-refractivity contribution in [1.82, 2.24) is 19.6 Å². The number of hydrogen-bond acceptors (Lipinski definition) is 7. The van der Waals surface area contributed by atoms with Crippen molar-refractivity contribution >= 4 is 44.9 Å². The molecule has 8 heteroatoms. The molecule has 0 aliphatic heterocycles. The van der Waals surface area contributed by atoms with Crippen LogP contribution in [0, 0.1) is 5.92 Å². The lowest BCUT2D eigenvalue weighted by Crippen LogP contribution is -2.13. The molecular formula is C20H24N4O2S2. The van der Waals surface area contributed by atoms with Gasteiger partial charge < -0.3 is 4.74 Å². The van der Waals surface area contributed by atoms with E-state index in [9.17, 15) is 4.79 Å². The molecular weight excluding hydrogens is 392 g/mol. The molecule has 2 aliphatic carbocycles. The average Bonchev–Trinajstić information content (AvgIpc) is 3.29. The maximum Gasteiger partial charge on any atom is 0.316 e. The summed E-state index contributed by atoms with van der Waals surface area (Å²) in [6, 6.07) is 0. The van der Waals surface area contributed by atoms with Crippen LogP contribution < -0.4 is 0 Å².